The third-order valence-electron chi connectivity index (χ3n) is 2.64. The second-order valence-corrected chi connectivity index (χ2v) is 6.83. The number of halogens is 3. The fourth-order valence-electron chi connectivity index (χ4n) is 1.56. The van der Waals surface area contributed by atoms with Crippen LogP contribution in [-0.4, -0.2) is 14.2 Å². The lowest BCUT2D eigenvalue weighted by Crippen LogP contribution is -1.85. The highest BCUT2D eigenvalue weighted by Crippen LogP contribution is 2.36. The van der Waals surface area contributed by atoms with Gasteiger partial charge < -0.3 is 9.47 Å². The molecule has 0 aromatic heterocycles. The molecule has 0 spiro atoms. The zero-order valence-corrected chi connectivity index (χ0v) is 16.6. The van der Waals surface area contributed by atoms with Gasteiger partial charge in [-0.25, -0.2) is 0 Å². The molecule has 4 nitrogen and oxygen atoms in total. The van der Waals surface area contributed by atoms with Crippen LogP contribution in [0.3, 0.4) is 0 Å². The van der Waals surface area contributed by atoms with Crippen LogP contribution in [-0.2, 0) is 0 Å². The number of ether oxygens (including phenoxy) is 2. The molecule has 0 heterocycles. The van der Waals surface area contributed by atoms with Crippen molar-refractivity contribution in [1.29, 1.82) is 0 Å². The molecule has 0 fully saturated rings. The van der Waals surface area contributed by atoms with Gasteiger partial charge in [0, 0.05) is 12.5 Å². The van der Waals surface area contributed by atoms with Crippen molar-refractivity contribution in [2.24, 2.45) is 10.2 Å². The molecule has 2 rings (SSSR count). The van der Waals surface area contributed by atoms with E-state index in [1.807, 2.05) is 30.3 Å². The Morgan fingerprint density at radius 1 is 0.905 bits per heavy atom. The van der Waals surface area contributed by atoms with E-state index in [9.17, 15) is 0 Å². The van der Waals surface area contributed by atoms with Crippen molar-refractivity contribution in [1.82, 2.24) is 0 Å². The molecule has 7 heteroatoms. The normalized spacial score (nSPS) is 10.9. The Morgan fingerprint density at radius 3 is 2.24 bits per heavy atom. The topological polar surface area (TPSA) is 43.2 Å². The van der Waals surface area contributed by atoms with E-state index in [1.165, 1.54) is 0 Å². The molecule has 0 amide bonds. The zero-order chi connectivity index (χ0) is 15.4. The van der Waals surface area contributed by atoms with Crippen molar-refractivity contribution in [3.63, 3.8) is 0 Å². The molecule has 0 aliphatic rings. The third kappa shape index (κ3) is 4.17. The lowest BCUT2D eigenvalue weighted by atomic mass is 10.3. The fraction of sp³-hybridized carbons (Fsp3) is 0.143. The van der Waals surface area contributed by atoms with Gasteiger partial charge in [0.2, 0.25) is 0 Å². The average molecular weight is 526 g/mol. The number of rotatable bonds is 4. The number of azo groups is 1. The van der Waals surface area contributed by atoms with E-state index < -0.39 is 0 Å². The molecule has 0 aliphatic carbocycles. The summed E-state index contributed by atoms with van der Waals surface area (Å²) in [5.41, 5.74) is 1.39. The Kier molecular flexibility index (Phi) is 6.00. The monoisotopic (exact) mass is 524 g/mol. The fourth-order valence-corrected chi connectivity index (χ4v) is 2.77. The van der Waals surface area contributed by atoms with Crippen molar-refractivity contribution >= 4 is 65.8 Å². The number of methoxy groups -OCH3 is 2. The minimum absolute atomic E-state index is 0.663. The lowest BCUT2D eigenvalue weighted by Gasteiger charge is -2.06. The van der Waals surface area contributed by atoms with E-state index in [0.29, 0.717) is 11.4 Å². The molecule has 2 aromatic rings. The van der Waals surface area contributed by atoms with E-state index in [4.69, 9.17) is 9.47 Å². The van der Waals surface area contributed by atoms with Crippen LogP contribution in [0.4, 0.5) is 11.4 Å². The maximum Gasteiger partial charge on any atom is 0.147 e. The summed E-state index contributed by atoms with van der Waals surface area (Å²) >= 11 is 9.14. The van der Waals surface area contributed by atoms with Gasteiger partial charge in [0.05, 0.1) is 14.2 Å². The minimum atomic E-state index is 0.663. The number of benzene rings is 2. The van der Waals surface area contributed by atoms with Crippen molar-refractivity contribution in [2.45, 2.75) is 0 Å². The minimum Gasteiger partial charge on any atom is -0.497 e. The Labute approximate surface area is 153 Å². The Morgan fingerprint density at radius 2 is 1.62 bits per heavy atom. The molecule has 2 aromatic carbocycles. The molecular weight excluding hydrogens is 515 g/mol. The van der Waals surface area contributed by atoms with Crippen LogP contribution in [0.5, 0.6) is 11.5 Å². The maximum absolute atomic E-state index is 5.32. The third-order valence-corrected chi connectivity index (χ3v) is 5.57. The van der Waals surface area contributed by atoms with Crippen molar-refractivity contribution in [2.75, 3.05) is 14.2 Å². The summed E-state index contributed by atoms with van der Waals surface area (Å²) in [6.07, 6.45) is 0. The van der Waals surface area contributed by atoms with Crippen LogP contribution in [0.2, 0.25) is 0 Å². The summed E-state index contributed by atoms with van der Waals surface area (Å²) in [7, 11) is 3.23. The van der Waals surface area contributed by atoms with Gasteiger partial charge in [-0.05, 0) is 84.8 Å². The van der Waals surface area contributed by atoms with E-state index in [2.05, 4.69) is 64.7 Å². The number of hydrogen-bond donors (Lipinski definition) is 0. The summed E-state index contributed by atoms with van der Waals surface area (Å²) in [5, 5.41) is 8.52. The molecule has 0 atom stereocenters. The van der Waals surface area contributed by atoms with E-state index in [0.717, 1.165) is 24.0 Å². The molecule has 0 saturated heterocycles. The predicted molar refractivity (Wildman–Crippen MR) is 98.3 cm³/mol. The SMILES string of the molecule is COc1ccc(N=Nc2cc(I)c(Br)cc2OC)c(Br)c1. The molecule has 110 valence electrons. The van der Waals surface area contributed by atoms with Gasteiger partial charge in [-0.15, -0.1) is 10.2 Å². The van der Waals surface area contributed by atoms with Gasteiger partial charge in [-0.1, -0.05) is 0 Å². The quantitative estimate of drug-likeness (QED) is 0.350. The van der Waals surface area contributed by atoms with Crippen molar-refractivity contribution in [3.8, 4) is 11.5 Å². The van der Waals surface area contributed by atoms with Gasteiger partial charge in [-0.3, -0.25) is 0 Å². The Hall–Kier alpha value is -0.670. The first-order valence-corrected chi connectivity index (χ1v) is 8.50. The smallest absolute Gasteiger partial charge is 0.147 e. The first-order valence-electron chi connectivity index (χ1n) is 5.83. The first-order chi connectivity index (χ1) is 10.0. The highest BCUT2D eigenvalue weighted by atomic mass is 127. The van der Waals surface area contributed by atoms with Gasteiger partial charge in [-0.2, -0.15) is 0 Å². The number of hydrogen-bond acceptors (Lipinski definition) is 4. The van der Waals surface area contributed by atoms with Crippen molar-refractivity contribution in [3.05, 3.63) is 42.8 Å². The van der Waals surface area contributed by atoms with E-state index in [-0.39, 0.29) is 0 Å². The van der Waals surface area contributed by atoms with Crippen LogP contribution in [0.25, 0.3) is 0 Å². The summed E-state index contributed by atoms with van der Waals surface area (Å²) in [6.45, 7) is 0. The highest BCUT2D eigenvalue weighted by molar-refractivity contribution is 14.1. The van der Waals surface area contributed by atoms with Crippen LogP contribution in [0, 0.1) is 3.57 Å². The number of nitrogens with zero attached hydrogens (tertiary/aromatic N) is 2. The molecule has 0 radical (unpaired) electrons. The van der Waals surface area contributed by atoms with Crippen LogP contribution in [0.15, 0.2) is 49.5 Å². The summed E-state index contributed by atoms with van der Waals surface area (Å²) in [5.74, 6) is 1.42. The first kappa shape index (κ1) is 16.7. The van der Waals surface area contributed by atoms with Crippen molar-refractivity contribution < 1.29 is 9.47 Å². The Balaban J connectivity index is 2.35. The average Bonchev–Trinajstić information content (AvgIpc) is 2.48. The molecule has 0 saturated carbocycles. The predicted octanol–water partition coefficient (Wildman–Crippen LogP) is 6.25. The second kappa shape index (κ2) is 7.55. The molecule has 0 unspecified atom stereocenters. The molecule has 0 bridgehead atoms. The maximum atomic E-state index is 5.32. The molecular formula is C14H11Br2IN2O2. The molecule has 0 aliphatic heterocycles. The summed E-state index contributed by atoms with van der Waals surface area (Å²) in [6, 6.07) is 9.30. The second-order valence-electron chi connectivity index (χ2n) is 3.96. The van der Waals surface area contributed by atoms with E-state index >= 15 is 0 Å². The largest absolute Gasteiger partial charge is 0.497 e. The van der Waals surface area contributed by atoms with Crippen LogP contribution < -0.4 is 9.47 Å². The summed E-state index contributed by atoms with van der Waals surface area (Å²) < 4.78 is 13.3. The highest BCUT2D eigenvalue weighted by Gasteiger charge is 2.07. The van der Waals surface area contributed by atoms with E-state index in [1.54, 1.807) is 14.2 Å². The standard InChI is InChI=1S/C14H11Br2IN2O2/c1-20-8-3-4-12(10(16)5-8)18-19-13-7-11(17)9(15)6-14(13)21-2/h3-7H,1-2H3. The molecule has 21 heavy (non-hydrogen) atoms. The van der Waals surface area contributed by atoms with Gasteiger partial charge >= 0.3 is 0 Å². The zero-order valence-electron chi connectivity index (χ0n) is 11.2. The lowest BCUT2D eigenvalue weighted by molar-refractivity contribution is 0.414. The van der Waals surface area contributed by atoms with Gasteiger partial charge in [0.15, 0.2) is 0 Å². The summed E-state index contributed by atoms with van der Waals surface area (Å²) in [4.78, 5) is 0. The van der Waals surface area contributed by atoms with Gasteiger partial charge in [0.1, 0.15) is 22.9 Å². The van der Waals surface area contributed by atoms with Crippen LogP contribution in [0.1, 0.15) is 0 Å². The van der Waals surface area contributed by atoms with Gasteiger partial charge in [0.25, 0.3) is 0 Å². The molecule has 0 N–H and O–H groups in total. The Bertz CT molecular complexity index is 693. The van der Waals surface area contributed by atoms with Crippen LogP contribution >= 0.6 is 54.5 Å².